The number of alkyl halides is 4. The summed E-state index contributed by atoms with van der Waals surface area (Å²) < 4.78 is 63.7. The number of aromatic nitrogens is 2. The molecule has 1 N–H and O–H groups in total. The van der Waals surface area contributed by atoms with Crippen LogP contribution in [-0.2, 0) is 15.9 Å². The van der Waals surface area contributed by atoms with E-state index in [9.17, 15) is 21.6 Å². The van der Waals surface area contributed by atoms with Crippen molar-refractivity contribution in [3.8, 4) is 0 Å². The van der Waals surface area contributed by atoms with E-state index >= 15 is 0 Å². The van der Waals surface area contributed by atoms with Gasteiger partial charge in [-0.2, -0.15) is 22.6 Å². The molecule has 1 aliphatic heterocycles. The number of aryl methyl sites for hydroxylation is 1. The van der Waals surface area contributed by atoms with Gasteiger partial charge >= 0.3 is 6.18 Å². The molecule has 0 aromatic carbocycles. The van der Waals surface area contributed by atoms with Crippen LogP contribution in [0.5, 0.6) is 0 Å². The van der Waals surface area contributed by atoms with Crippen LogP contribution >= 0.6 is 11.6 Å². The quantitative estimate of drug-likeness (QED) is 0.856. The minimum Gasteiger partial charge on any atom is -0.281 e. The van der Waals surface area contributed by atoms with E-state index in [2.05, 4.69) is 10.2 Å². The van der Waals surface area contributed by atoms with Gasteiger partial charge in [-0.25, -0.2) is 8.42 Å². The molecule has 1 aromatic rings. The predicted molar refractivity (Wildman–Crippen MR) is 70.4 cm³/mol. The third kappa shape index (κ3) is 3.19. The number of halogens is 4. The lowest BCUT2D eigenvalue weighted by Crippen LogP contribution is -2.42. The lowest BCUT2D eigenvalue weighted by atomic mass is 9.98. The van der Waals surface area contributed by atoms with Gasteiger partial charge < -0.3 is 0 Å². The van der Waals surface area contributed by atoms with Crippen LogP contribution in [0.25, 0.3) is 0 Å². The van der Waals surface area contributed by atoms with Gasteiger partial charge in [-0.3, -0.25) is 5.10 Å². The fraction of sp³-hybridized carbons (Fsp3) is 0.727. The second kappa shape index (κ2) is 5.77. The molecule has 1 aliphatic rings. The van der Waals surface area contributed by atoms with Crippen molar-refractivity contribution >= 4 is 21.6 Å². The lowest BCUT2D eigenvalue weighted by molar-refractivity contribution is -0.182. The van der Waals surface area contributed by atoms with E-state index in [1.165, 1.54) is 0 Å². The summed E-state index contributed by atoms with van der Waals surface area (Å²) in [5, 5.41) is 6.09. The number of nitrogens with one attached hydrogen (secondary N) is 1. The van der Waals surface area contributed by atoms with Crippen molar-refractivity contribution in [1.82, 2.24) is 14.5 Å². The minimum absolute atomic E-state index is 0.0318. The normalized spacial score (nSPS) is 19.1. The maximum Gasteiger partial charge on any atom is 0.391 e. The van der Waals surface area contributed by atoms with Crippen molar-refractivity contribution in [1.29, 1.82) is 0 Å². The largest absolute Gasteiger partial charge is 0.391 e. The molecule has 2 rings (SSSR count). The van der Waals surface area contributed by atoms with Gasteiger partial charge in [0.25, 0.3) is 10.0 Å². The molecule has 5 nitrogen and oxygen atoms in total. The first-order valence-corrected chi connectivity index (χ1v) is 8.32. The predicted octanol–water partition coefficient (Wildman–Crippen LogP) is 2.42. The smallest absolute Gasteiger partial charge is 0.281 e. The van der Waals surface area contributed by atoms with Crippen LogP contribution in [0.3, 0.4) is 0 Å². The van der Waals surface area contributed by atoms with Crippen LogP contribution in [0.2, 0.25) is 0 Å². The van der Waals surface area contributed by atoms with Gasteiger partial charge in [0.2, 0.25) is 0 Å². The molecule has 0 radical (unpaired) electrons. The summed E-state index contributed by atoms with van der Waals surface area (Å²) >= 11 is 5.71. The highest BCUT2D eigenvalue weighted by Crippen LogP contribution is 2.35. The van der Waals surface area contributed by atoms with Crippen molar-refractivity contribution in [3.05, 3.63) is 11.3 Å². The molecule has 0 bridgehead atoms. The molecule has 0 aliphatic carbocycles. The molecule has 0 unspecified atom stereocenters. The molecule has 0 atom stereocenters. The van der Waals surface area contributed by atoms with Crippen LogP contribution in [0.15, 0.2) is 5.03 Å². The van der Waals surface area contributed by atoms with Crippen molar-refractivity contribution in [2.75, 3.05) is 13.1 Å². The van der Waals surface area contributed by atoms with Crippen molar-refractivity contribution < 1.29 is 21.6 Å². The van der Waals surface area contributed by atoms with Gasteiger partial charge in [-0.1, -0.05) is 0 Å². The lowest BCUT2D eigenvalue weighted by Gasteiger charge is -2.31. The van der Waals surface area contributed by atoms with Gasteiger partial charge in [-0.05, 0) is 19.8 Å². The molecule has 2 heterocycles. The highest BCUT2D eigenvalue weighted by molar-refractivity contribution is 7.89. The first kappa shape index (κ1) is 16.6. The number of hydrogen-bond donors (Lipinski definition) is 1. The molecule has 21 heavy (non-hydrogen) atoms. The summed E-state index contributed by atoms with van der Waals surface area (Å²) in [6, 6.07) is 0. The van der Waals surface area contributed by atoms with Crippen LogP contribution < -0.4 is 0 Å². The zero-order valence-electron chi connectivity index (χ0n) is 11.2. The van der Waals surface area contributed by atoms with E-state index in [-0.39, 0.29) is 36.8 Å². The van der Waals surface area contributed by atoms with Crippen molar-refractivity contribution in [2.45, 2.75) is 36.8 Å². The molecule has 1 aromatic heterocycles. The topological polar surface area (TPSA) is 66.1 Å². The van der Waals surface area contributed by atoms with E-state index in [1.54, 1.807) is 6.92 Å². The van der Waals surface area contributed by atoms with Crippen molar-refractivity contribution in [2.24, 2.45) is 5.92 Å². The third-order valence-electron chi connectivity index (χ3n) is 3.67. The Labute approximate surface area is 125 Å². The second-order valence-electron chi connectivity index (χ2n) is 4.99. The van der Waals surface area contributed by atoms with Gasteiger partial charge in [0.1, 0.15) is 0 Å². The molecule has 0 spiro atoms. The standard InChI is InChI=1S/C11H15ClF3N3O2S/c1-7-9(6-12)10(17-16-7)21(19,20)18-4-2-8(3-5-18)11(13,14)15/h8H,2-6H2,1H3,(H,16,17). The molecule has 120 valence electrons. The number of nitrogens with zero attached hydrogens (tertiary/aromatic N) is 2. The number of sulfonamides is 1. The van der Waals surface area contributed by atoms with E-state index in [4.69, 9.17) is 11.6 Å². The molecular formula is C11H15ClF3N3O2S. The molecular weight excluding hydrogens is 331 g/mol. The Hall–Kier alpha value is -0.800. The number of H-pyrrole nitrogens is 1. The van der Waals surface area contributed by atoms with Crippen LogP contribution in [0.4, 0.5) is 13.2 Å². The average Bonchev–Trinajstić information content (AvgIpc) is 2.79. The first-order chi connectivity index (χ1) is 9.67. The maximum absolute atomic E-state index is 12.6. The maximum atomic E-state index is 12.6. The Bertz CT molecular complexity index is 607. The number of hydrogen-bond acceptors (Lipinski definition) is 3. The van der Waals surface area contributed by atoms with Gasteiger partial charge in [0.05, 0.1) is 11.8 Å². The number of piperidine rings is 1. The zero-order valence-corrected chi connectivity index (χ0v) is 12.8. The summed E-state index contributed by atoms with van der Waals surface area (Å²) in [5.41, 5.74) is 0.892. The Morgan fingerprint density at radius 2 is 1.95 bits per heavy atom. The Balaban J connectivity index is 2.19. The first-order valence-electron chi connectivity index (χ1n) is 6.34. The van der Waals surface area contributed by atoms with Crippen molar-refractivity contribution in [3.63, 3.8) is 0 Å². The highest BCUT2D eigenvalue weighted by Gasteiger charge is 2.43. The van der Waals surface area contributed by atoms with Crippen LogP contribution in [-0.4, -0.2) is 42.2 Å². The molecule has 0 saturated carbocycles. The zero-order chi connectivity index (χ0) is 15.8. The number of aromatic amines is 1. The van der Waals surface area contributed by atoms with Crippen LogP contribution in [0.1, 0.15) is 24.1 Å². The van der Waals surface area contributed by atoms with Gasteiger partial charge in [0.15, 0.2) is 5.03 Å². The molecule has 1 fully saturated rings. The summed E-state index contributed by atoms with van der Waals surface area (Å²) in [7, 11) is -3.91. The van der Waals surface area contributed by atoms with Gasteiger partial charge in [-0.15, -0.1) is 11.6 Å². The fourth-order valence-electron chi connectivity index (χ4n) is 2.35. The summed E-state index contributed by atoms with van der Waals surface area (Å²) in [6.45, 7) is 1.31. The fourth-order valence-corrected chi connectivity index (χ4v) is 4.39. The Kier molecular flexibility index (Phi) is 4.55. The minimum atomic E-state index is -4.28. The monoisotopic (exact) mass is 345 g/mol. The SMILES string of the molecule is Cc1[nH]nc(S(=O)(=O)N2CCC(C(F)(F)F)CC2)c1CCl. The average molecular weight is 346 g/mol. The van der Waals surface area contributed by atoms with E-state index in [0.29, 0.717) is 11.3 Å². The summed E-state index contributed by atoms with van der Waals surface area (Å²) in [6.07, 6.45) is -4.75. The third-order valence-corrected chi connectivity index (χ3v) is 5.81. The Morgan fingerprint density at radius 3 is 2.43 bits per heavy atom. The Morgan fingerprint density at radius 1 is 1.38 bits per heavy atom. The summed E-state index contributed by atoms with van der Waals surface area (Å²) in [5.74, 6) is -1.48. The molecule has 0 amide bonds. The number of rotatable bonds is 3. The second-order valence-corrected chi connectivity index (χ2v) is 7.11. The molecule has 10 heteroatoms. The van der Waals surface area contributed by atoms with Gasteiger partial charge in [0, 0.05) is 24.3 Å². The molecule has 1 saturated heterocycles. The summed E-state index contributed by atoms with van der Waals surface area (Å²) in [4.78, 5) is 0. The van der Waals surface area contributed by atoms with Crippen LogP contribution in [0, 0.1) is 12.8 Å². The van der Waals surface area contributed by atoms with E-state index in [1.807, 2.05) is 0 Å². The van der Waals surface area contributed by atoms with E-state index in [0.717, 1.165) is 4.31 Å². The van der Waals surface area contributed by atoms with E-state index < -0.39 is 22.1 Å². The highest BCUT2D eigenvalue weighted by atomic mass is 35.5.